The lowest BCUT2D eigenvalue weighted by atomic mass is 9.94. The van der Waals surface area contributed by atoms with Gasteiger partial charge in [-0.2, -0.15) is 0 Å². The lowest BCUT2D eigenvalue weighted by molar-refractivity contribution is 0.448. The van der Waals surface area contributed by atoms with Crippen molar-refractivity contribution >= 4 is 0 Å². The molecule has 0 saturated carbocycles. The Morgan fingerprint density at radius 2 is 2.38 bits per heavy atom. The largest absolute Gasteiger partial charge is 0.313 e. The van der Waals surface area contributed by atoms with Gasteiger partial charge in [0.25, 0.3) is 0 Å². The molecule has 1 nitrogen and oxygen atoms in total. The van der Waals surface area contributed by atoms with Crippen LogP contribution in [0.25, 0.3) is 0 Å². The lowest BCUT2D eigenvalue weighted by Crippen LogP contribution is -2.25. The van der Waals surface area contributed by atoms with Crippen LogP contribution in [0.2, 0.25) is 0 Å². The summed E-state index contributed by atoms with van der Waals surface area (Å²) in [5.41, 5.74) is 1.31. The molecule has 1 aliphatic carbocycles. The number of hydrogen-bond donors (Lipinski definition) is 1. The highest BCUT2D eigenvalue weighted by Crippen LogP contribution is 2.16. The third kappa shape index (κ3) is 4.28. The minimum atomic E-state index is 0.856. The number of rotatable bonds is 5. The van der Waals surface area contributed by atoms with Gasteiger partial charge in [0.05, 0.1) is 0 Å². The predicted molar refractivity (Wildman–Crippen MR) is 58.8 cm³/mol. The smallest absolute Gasteiger partial charge is 0.0161 e. The van der Waals surface area contributed by atoms with Crippen LogP contribution in [-0.4, -0.2) is 13.1 Å². The summed E-state index contributed by atoms with van der Waals surface area (Å²) in [6.45, 7) is 8.29. The van der Waals surface area contributed by atoms with E-state index < -0.39 is 0 Å². The second-order valence-electron chi connectivity index (χ2n) is 3.88. The fourth-order valence-electron chi connectivity index (χ4n) is 1.62. The van der Waals surface area contributed by atoms with Crippen LogP contribution in [0, 0.1) is 5.92 Å². The first-order chi connectivity index (χ1) is 6.33. The molecule has 0 aromatic rings. The van der Waals surface area contributed by atoms with Crippen molar-refractivity contribution in [2.45, 2.75) is 32.6 Å². The van der Waals surface area contributed by atoms with Crippen molar-refractivity contribution in [1.82, 2.24) is 5.32 Å². The zero-order valence-electron chi connectivity index (χ0n) is 8.68. The van der Waals surface area contributed by atoms with E-state index in [-0.39, 0.29) is 0 Å². The van der Waals surface area contributed by atoms with Gasteiger partial charge < -0.3 is 5.32 Å². The van der Waals surface area contributed by atoms with E-state index in [1.165, 1.54) is 24.8 Å². The topological polar surface area (TPSA) is 12.0 Å². The van der Waals surface area contributed by atoms with Crippen LogP contribution in [0.4, 0.5) is 0 Å². The SMILES string of the molecule is C=C(CC)CNCC1CC=CCC1. The highest BCUT2D eigenvalue weighted by molar-refractivity contribution is 4.96. The van der Waals surface area contributed by atoms with Gasteiger partial charge in [0.15, 0.2) is 0 Å². The number of nitrogens with one attached hydrogen (secondary N) is 1. The second-order valence-corrected chi connectivity index (χ2v) is 3.88. The third-order valence-electron chi connectivity index (χ3n) is 2.69. The first-order valence-corrected chi connectivity index (χ1v) is 5.35. The van der Waals surface area contributed by atoms with Crippen LogP contribution < -0.4 is 5.32 Å². The van der Waals surface area contributed by atoms with Crippen LogP contribution in [0.1, 0.15) is 32.6 Å². The summed E-state index contributed by atoms with van der Waals surface area (Å²) in [6, 6.07) is 0. The van der Waals surface area contributed by atoms with Crippen LogP contribution in [-0.2, 0) is 0 Å². The molecule has 0 radical (unpaired) electrons. The standard InChI is InChI=1S/C12H21N/c1-3-11(2)9-13-10-12-7-5-4-6-8-12/h4-5,12-13H,2-3,6-10H2,1H3. The van der Waals surface area contributed by atoms with Gasteiger partial charge in [0, 0.05) is 6.54 Å². The maximum Gasteiger partial charge on any atom is 0.0161 e. The van der Waals surface area contributed by atoms with Gasteiger partial charge in [-0.05, 0) is 38.1 Å². The molecule has 13 heavy (non-hydrogen) atoms. The molecular weight excluding hydrogens is 158 g/mol. The maximum atomic E-state index is 3.98. The molecule has 0 spiro atoms. The lowest BCUT2D eigenvalue weighted by Gasteiger charge is -2.18. The minimum Gasteiger partial charge on any atom is -0.313 e. The molecule has 0 aromatic heterocycles. The van der Waals surface area contributed by atoms with Crippen molar-refractivity contribution < 1.29 is 0 Å². The summed E-state index contributed by atoms with van der Waals surface area (Å²) in [7, 11) is 0. The minimum absolute atomic E-state index is 0.856. The van der Waals surface area contributed by atoms with Crippen molar-refractivity contribution in [3.63, 3.8) is 0 Å². The molecule has 0 fully saturated rings. The second kappa shape index (κ2) is 5.98. The first-order valence-electron chi connectivity index (χ1n) is 5.35. The molecule has 0 bridgehead atoms. The van der Waals surface area contributed by atoms with E-state index in [9.17, 15) is 0 Å². The van der Waals surface area contributed by atoms with E-state index >= 15 is 0 Å². The van der Waals surface area contributed by atoms with Gasteiger partial charge in [-0.15, -0.1) is 0 Å². The molecular formula is C12H21N. The monoisotopic (exact) mass is 179 g/mol. The average molecular weight is 179 g/mol. The summed E-state index contributed by atoms with van der Waals surface area (Å²) in [4.78, 5) is 0. The molecule has 1 unspecified atom stereocenters. The quantitative estimate of drug-likeness (QED) is 0.640. The Kier molecular flexibility index (Phi) is 4.84. The maximum absolute atomic E-state index is 3.98. The average Bonchev–Trinajstić information content (AvgIpc) is 2.19. The Balaban J connectivity index is 2.05. The van der Waals surface area contributed by atoms with Gasteiger partial charge in [-0.3, -0.25) is 0 Å². The number of allylic oxidation sites excluding steroid dienone is 2. The molecule has 1 heteroatoms. The van der Waals surface area contributed by atoms with Crippen molar-refractivity contribution in [3.05, 3.63) is 24.3 Å². The Hall–Kier alpha value is -0.560. The van der Waals surface area contributed by atoms with Gasteiger partial charge in [0.1, 0.15) is 0 Å². The Labute approximate surface area is 81.9 Å². The highest BCUT2D eigenvalue weighted by Gasteiger charge is 2.08. The molecule has 0 aromatic carbocycles. The zero-order valence-corrected chi connectivity index (χ0v) is 8.68. The Morgan fingerprint density at radius 3 is 3.00 bits per heavy atom. The van der Waals surface area contributed by atoms with E-state index in [0.29, 0.717) is 0 Å². The van der Waals surface area contributed by atoms with Gasteiger partial charge in [0.2, 0.25) is 0 Å². The Bertz CT molecular complexity index is 182. The van der Waals surface area contributed by atoms with E-state index in [4.69, 9.17) is 0 Å². The third-order valence-corrected chi connectivity index (χ3v) is 2.69. The molecule has 0 heterocycles. The van der Waals surface area contributed by atoms with Crippen molar-refractivity contribution in [2.75, 3.05) is 13.1 Å². The van der Waals surface area contributed by atoms with Crippen molar-refractivity contribution in [2.24, 2.45) is 5.92 Å². The predicted octanol–water partition coefficient (Wildman–Crippen LogP) is 2.90. The molecule has 1 aliphatic rings. The fraction of sp³-hybridized carbons (Fsp3) is 0.667. The first kappa shape index (κ1) is 10.5. The molecule has 74 valence electrons. The van der Waals surface area contributed by atoms with E-state index in [1.807, 2.05) is 0 Å². The van der Waals surface area contributed by atoms with Gasteiger partial charge in [-0.25, -0.2) is 0 Å². The Morgan fingerprint density at radius 1 is 1.54 bits per heavy atom. The van der Waals surface area contributed by atoms with Crippen LogP contribution in [0.15, 0.2) is 24.3 Å². The molecule has 0 aliphatic heterocycles. The van der Waals surface area contributed by atoms with Gasteiger partial charge >= 0.3 is 0 Å². The van der Waals surface area contributed by atoms with Crippen LogP contribution >= 0.6 is 0 Å². The summed E-state index contributed by atoms with van der Waals surface area (Å²) < 4.78 is 0. The fourth-order valence-corrected chi connectivity index (χ4v) is 1.62. The molecule has 1 N–H and O–H groups in total. The molecule has 1 rings (SSSR count). The molecule has 0 amide bonds. The van der Waals surface area contributed by atoms with Gasteiger partial charge in [-0.1, -0.05) is 31.2 Å². The normalized spacial score (nSPS) is 21.8. The van der Waals surface area contributed by atoms with Crippen LogP contribution in [0.5, 0.6) is 0 Å². The van der Waals surface area contributed by atoms with E-state index in [0.717, 1.165) is 25.4 Å². The summed E-state index contributed by atoms with van der Waals surface area (Å²) >= 11 is 0. The highest BCUT2D eigenvalue weighted by atomic mass is 14.9. The molecule has 0 saturated heterocycles. The summed E-state index contributed by atoms with van der Waals surface area (Å²) in [5.74, 6) is 0.856. The van der Waals surface area contributed by atoms with Crippen LogP contribution in [0.3, 0.4) is 0 Å². The number of hydrogen-bond acceptors (Lipinski definition) is 1. The van der Waals surface area contributed by atoms with E-state index in [1.54, 1.807) is 0 Å². The summed E-state index contributed by atoms with van der Waals surface area (Å²) in [5, 5.41) is 3.47. The van der Waals surface area contributed by atoms with Crippen molar-refractivity contribution in [1.29, 1.82) is 0 Å². The molecule has 1 atom stereocenters. The van der Waals surface area contributed by atoms with Crippen molar-refractivity contribution in [3.8, 4) is 0 Å². The summed E-state index contributed by atoms with van der Waals surface area (Å²) in [6.07, 6.45) is 9.57. The zero-order chi connectivity index (χ0) is 9.52. The van der Waals surface area contributed by atoms with E-state index in [2.05, 4.69) is 31.0 Å².